The second-order valence-electron chi connectivity index (χ2n) is 22.3. The van der Waals surface area contributed by atoms with E-state index in [0.717, 1.165) is 44.2 Å². The highest BCUT2D eigenvalue weighted by Crippen LogP contribution is 2.74. The Labute approximate surface area is 359 Å². The molecule has 5 saturated carbocycles. The molecule has 0 bridgehead atoms. The van der Waals surface area contributed by atoms with Crippen LogP contribution in [0.5, 0.6) is 5.75 Å². The Morgan fingerprint density at radius 3 is 2.34 bits per heavy atom. The first kappa shape index (κ1) is 44.3. The Morgan fingerprint density at radius 1 is 0.966 bits per heavy atom. The number of carbonyl (C=O) groups excluding carboxylic acids is 3. The molecule has 59 heavy (non-hydrogen) atoms. The Morgan fingerprint density at radius 2 is 1.68 bits per heavy atom. The number of benzene rings is 1. The molecule has 11 atom stereocenters. The number of rotatable bonds is 13. The number of Topliss-reactive ketones (excluding diaryl/α,β-unsaturated/α-hetero) is 2. The number of hydrogen-bond donors (Lipinski definition) is 3. The normalized spacial score (nSPS) is 37.5. The van der Waals surface area contributed by atoms with E-state index in [1.54, 1.807) is 18.2 Å². The lowest BCUT2D eigenvalue weighted by Gasteiger charge is -2.69. The number of halogens is 1. The molecule has 0 saturated heterocycles. The number of carboxylic acid groups (broad SMARTS) is 1. The average molecular weight is 834 g/mol. The van der Waals surface area contributed by atoms with Gasteiger partial charge in [0, 0.05) is 41.3 Å². The maximum atomic E-state index is 14.1. The Bertz CT molecular complexity index is 1880. The highest BCUT2D eigenvalue weighted by Gasteiger charge is 2.66. The summed E-state index contributed by atoms with van der Waals surface area (Å²) >= 11 is 6.14. The lowest BCUT2D eigenvalue weighted by Crippen LogP contribution is -2.62. The van der Waals surface area contributed by atoms with Gasteiger partial charge in [-0.1, -0.05) is 65.6 Å². The Kier molecular flexibility index (Phi) is 11.9. The first-order valence-corrected chi connectivity index (χ1v) is 23.4. The van der Waals surface area contributed by atoms with Crippen molar-refractivity contribution in [1.29, 1.82) is 0 Å². The third kappa shape index (κ3) is 7.54. The number of carboxylic acids is 1. The predicted octanol–water partition coefficient (Wildman–Crippen LogP) is 10.4. The van der Waals surface area contributed by atoms with Gasteiger partial charge in [0.25, 0.3) is 5.91 Å². The molecule has 1 amide bonds. The Hall–Kier alpha value is -2.71. The van der Waals surface area contributed by atoms with Gasteiger partial charge < -0.3 is 20.5 Å². The van der Waals surface area contributed by atoms with E-state index in [1.165, 1.54) is 38.4 Å². The molecular formula is C50H73ClN2O6. The van der Waals surface area contributed by atoms with Crippen LogP contribution in [0.3, 0.4) is 0 Å². The van der Waals surface area contributed by atoms with Crippen LogP contribution < -0.4 is 15.4 Å². The second kappa shape index (κ2) is 15.9. The van der Waals surface area contributed by atoms with Crippen molar-refractivity contribution in [2.24, 2.45) is 74.9 Å². The van der Waals surface area contributed by atoms with Crippen molar-refractivity contribution >= 4 is 35.0 Å². The minimum Gasteiger partial charge on any atom is -0.496 e. The first-order chi connectivity index (χ1) is 27.6. The van der Waals surface area contributed by atoms with Crippen molar-refractivity contribution in [3.63, 3.8) is 0 Å². The Balaban J connectivity index is 1.04. The van der Waals surface area contributed by atoms with Crippen LogP contribution >= 0.6 is 11.6 Å². The van der Waals surface area contributed by atoms with Crippen LogP contribution in [0.1, 0.15) is 150 Å². The minimum atomic E-state index is -0.760. The highest BCUT2D eigenvalue weighted by molar-refractivity contribution is 6.30. The summed E-state index contributed by atoms with van der Waals surface area (Å²) in [5.41, 5.74) is 2.94. The molecule has 1 aromatic carbocycles. The van der Waals surface area contributed by atoms with Crippen LogP contribution in [0.25, 0.3) is 0 Å². The van der Waals surface area contributed by atoms with Gasteiger partial charge in [0.15, 0.2) is 5.78 Å². The summed E-state index contributed by atoms with van der Waals surface area (Å²) in [6.45, 7) is 22.0. The fourth-order valence-corrected chi connectivity index (χ4v) is 15.3. The van der Waals surface area contributed by atoms with E-state index >= 15 is 0 Å². The minimum absolute atomic E-state index is 0.0417. The molecule has 9 heteroatoms. The predicted molar refractivity (Wildman–Crippen MR) is 233 cm³/mol. The zero-order valence-electron chi connectivity index (χ0n) is 37.7. The average Bonchev–Trinajstić information content (AvgIpc) is 3.45. The number of ether oxygens (including phenoxy) is 1. The SMILES string of the molecule is COc1cc(Cl)ccc1C(=O)NC(C)(C)CNCCC12CCC3C(CCC4C3(C)CCC3C(C)(C)C(CC(=O)C5CC(C(=O)O)C5C)CCC34C)C1=C(C(C)C)C(=O)C2. The molecule has 1 aromatic rings. The van der Waals surface area contributed by atoms with E-state index in [0.29, 0.717) is 83.3 Å². The maximum Gasteiger partial charge on any atom is 0.306 e. The number of allylic oxidation sites excluding steroid dienone is 2. The molecule has 11 unspecified atom stereocenters. The molecule has 3 N–H and O–H groups in total. The second-order valence-corrected chi connectivity index (χ2v) is 22.8. The van der Waals surface area contributed by atoms with Gasteiger partial charge in [-0.05, 0) is 166 Å². The number of aliphatic carboxylic acids is 1. The monoisotopic (exact) mass is 833 g/mol. The number of nitrogens with one attached hydrogen (secondary N) is 2. The molecule has 6 aliphatic carbocycles. The summed E-state index contributed by atoms with van der Waals surface area (Å²) in [4.78, 5) is 52.7. The van der Waals surface area contributed by atoms with Gasteiger partial charge in [0.1, 0.15) is 11.5 Å². The van der Waals surface area contributed by atoms with Gasteiger partial charge in [0.2, 0.25) is 0 Å². The van der Waals surface area contributed by atoms with Crippen molar-refractivity contribution in [3.05, 3.63) is 39.9 Å². The molecule has 0 aliphatic heterocycles. The van der Waals surface area contributed by atoms with Gasteiger partial charge in [-0.15, -0.1) is 0 Å². The molecule has 0 radical (unpaired) electrons. The van der Waals surface area contributed by atoms with E-state index < -0.39 is 11.5 Å². The molecule has 5 fully saturated rings. The maximum absolute atomic E-state index is 14.1. The molecule has 8 nitrogen and oxygen atoms in total. The van der Waals surface area contributed by atoms with E-state index in [9.17, 15) is 24.3 Å². The topological polar surface area (TPSA) is 122 Å². The third-order valence-corrected chi connectivity index (χ3v) is 18.4. The van der Waals surface area contributed by atoms with Crippen LogP contribution in [0.4, 0.5) is 0 Å². The summed E-state index contributed by atoms with van der Waals surface area (Å²) in [5.74, 6) is 2.34. The van der Waals surface area contributed by atoms with Crippen molar-refractivity contribution in [2.45, 2.75) is 145 Å². The van der Waals surface area contributed by atoms with Gasteiger partial charge in [-0.25, -0.2) is 0 Å². The number of methoxy groups -OCH3 is 1. The zero-order valence-corrected chi connectivity index (χ0v) is 38.5. The van der Waals surface area contributed by atoms with Crippen LogP contribution in [0, 0.1) is 74.9 Å². The van der Waals surface area contributed by atoms with E-state index in [4.69, 9.17) is 16.3 Å². The molecule has 6 aliphatic rings. The molecular weight excluding hydrogens is 760 g/mol. The largest absolute Gasteiger partial charge is 0.496 e. The van der Waals surface area contributed by atoms with E-state index in [-0.39, 0.29) is 51.2 Å². The zero-order chi connectivity index (χ0) is 43.0. The van der Waals surface area contributed by atoms with E-state index in [1.807, 2.05) is 20.8 Å². The van der Waals surface area contributed by atoms with Gasteiger partial charge in [0.05, 0.1) is 18.6 Å². The number of hydrogen-bond acceptors (Lipinski definition) is 6. The molecule has 0 aromatic heterocycles. The first-order valence-electron chi connectivity index (χ1n) is 23.0. The summed E-state index contributed by atoms with van der Waals surface area (Å²) < 4.78 is 5.43. The fourth-order valence-electron chi connectivity index (χ4n) is 15.1. The summed E-state index contributed by atoms with van der Waals surface area (Å²) in [6.07, 6.45) is 11.9. The van der Waals surface area contributed by atoms with Crippen LogP contribution in [-0.4, -0.2) is 54.3 Å². The lowest BCUT2D eigenvalue weighted by molar-refractivity contribution is -0.193. The van der Waals surface area contributed by atoms with Crippen molar-refractivity contribution in [2.75, 3.05) is 20.2 Å². The van der Waals surface area contributed by atoms with Crippen LogP contribution in [0.2, 0.25) is 5.02 Å². The number of carbonyl (C=O) groups is 4. The number of fused-ring (bicyclic) bond motifs is 7. The van der Waals surface area contributed by atoms with Gasteiger partial charge >= 0.3 is 5.97 Å². The summed E-state index contributed by atoms with van der Waals surface area (Å²) in [6, 6.07) is 5.05. The highest BCUT2D eigenvalue weighted by atomic mass is 35.5. The van der Waals surface area contributed by atoms with Crippen molar-refractivity contribution < 1.29 is 29.0 Å². The standard InChI is InChI=1S/C50H73ClN2O6/c1-28(2)42-38(55)26-50(21-22-52-27-46(4,5)53-44(56)33-12-11-31(51)24-39(33)59-10)20-16-36-32(43(42)50)13-14-41-48(36,8)19-17-40-47(6,7)30(15-18-49(40,41)9)23-37(54)34-25-35(29(34)3)45(57)58/h11-12,24,28-30,32,34-36,40-41,52H,13-23,25-27H2,1-10H3,(H,53,56)(H,57,58). The van der Waals surface area contributed by atoms with Gasteiger partial charge in [-0.3, -0.25) is 19.2 Å². The smallest absolute Gasteiger partial charge is 0.306 e. The quantitative estimate of drug-likeness (QED) is 0.169. The molecule has 7 rings (SSSR count). The number of amides is 1. The van der Waals surface area contributed by atoms with Crippen molar-refractivity contribution in [1.82, 2.24) is 10.6 Å². The third-order valence-electron chi connectivity index (χ3n) is 18.1. The summed E-state index contributed by atoms with van der Waals surface area (Å²) in [7, 11) is 1.54. The van der Waals surface area contributed by atoms with Crippen LogP contribution in [-0.2, 0) is 14.4 Å². The van der Waals surface area contributed by atoms with Gasteiger partial charge in [-0.2, -0.15) is 0 Å². The molecule has 0 spiro atoms. The molecule has 0 heterocycles. The molecule has 326 valence electrons. The van der Waals surface area contributed by atoms with Crippen molar-refractivity contribution in [3.8, 4) is 5.75 Å². The number of ketones is 2. The fraction of sp³-hybridized carbons (Fsp3) is 0.760. The lowest BCUT2D eigenvalue weighted by atomic mass is 9.35. The summed E-state index contributed by atoms with van der Waals surface area (Å²) in [5, 5.41) is 16.9. The van der Waals surface area contributed by atoms with E-state index in [2.05, 4.69) is 52.2 Å². The van der Waals surface area contributed by atoms with Crippen LogP contribution in [0.15, 0.2) is 29.3 Å².